The number of urea groups is 1. The van der Waals surface area contributed by atoms with E-state index < -0.39 is 0 Å². The fourth-order valence-corrected chi connectivity index (χ4v) is 2.57. The number of carbonyl (C=O) groups excluding carboxylic acids is 1. The van der Waals surface area contributed by atoms with Gasteiger partial charge in [-0.1, -0.05) is 20.8 Å². The Bertz CT molecular complexity index is 294. The van der Waals surface area contributed by atoms with Crippen LogP contribution in [0.5, 0.6) is 0 Å². The van der Waals surface area contributed by atoms with Gasteiger partial charge in [0.15, 0.2) is 0 Å². The zero-order chi connectivity index (χ0) is 15.2. The molecule has 0 aromatic rings. The molecule has 0 bridgehead atoms. The largest absolute Gasteiger partial charge is 0.396 e. The molecule has 5 nitrogen and oxygen atoms in total. The van der Waals surface area contributed by atoms with Crippen LogP contribution in [0.15, 0.2) is 0 Å². The molecule has 3 N–H and O–H groups in total. The molecule has 0 atom stereocenters. The van der Waals surface area contributed by atoms with Crippen LogP contribution in [0, 0.1) is 5.41 Å². The molecule has 0 spiro atoms. The molecule has 1 aliphatic carbocycles. The highest BCUT2D eigenvalue weighted by Gasteiger charge is 2.25. The minimum atomic E-state index is -0.205. The number of aliphatic hydroxyl groups excluding tert-OH is 2. The standard InChI is InChI=1S/C15H30N2O3/c1-15(2,3)11-17(9-4-10-18)14(20)16-12-5-7-13(19)8-6-12/h12-13,18-19H,4-11H2,1-3H3,(H,16,20). The molecule has 0 aromatic carbocycles. The minimum absolute atomic E-state index is 0.0373. The second kappa shape index (κ2) is 7.84. The molecule has 118 valence electrons. The fourth-order valence-electron chi connectivity index (χ4n) is 2.57. The molecule has 0 heterocycles. The summed E-state index contributed by atoms with van der Waals surface area (Å²) in [6.07, 6.45) is 3.62. The van der Waals surface area contributed by atoms with E-state index in [4.69, 9.17) is 5.11 Å². The molecule has 0 unspecified atom stereocenters. The lowest BCUT2D eigenvalue weighted by molar-refractivity contribution is 0.113. The Morgan fingerprint density at radius 2 is 1.85 bits per heavy atom. The van der Waals surface area contributed by atoms with Crippen LogP contribution in [0.4, 0.5) is 4.79 Å². The third-order valence-electron chi connectivity index (χ3n) is 3.56. The molecule has 0 aromatic heterocycles. The highest BCUT2D eigenvalue weighted by Crippen LogP contribution is 2.19. The van der Waals surface area contributed by atoms with Crippen LogP contribution < -0.4 is 5.32 Å². The number of hydrogen-bond donors (Lipinski definition) is 3. The summed E-state index contributed by atoms with van der Waals surface area (Å²) in [5.41, 5.74) is 0.0373. The Balaban J connectivity index is 2.49. The van der Waals surface area contributed by atoms with E-state index in [0.29, 0.717) is 19.5 Å². The molecule has 20 heavy (non-hydrogen) atoms. The van der Waals surface area contributed by atoms with Gasteiger partial charge in [-0.2, -0.15) is 0 Å². The Hall–Kier alpha value is -0.810. The van der Waals surface area contributed by atoms with Gasteiger partial charge in [0, 0.05) is 25.7 Å². The number of hydrogen-bond acceptors (Lipinski definition) is 3. The van der Waals surface area contributed by atoms with Crippen LogP contribution in [0.1, 0.15) is 52.9 Å². The van der Waals surface area contributed by atoms with Crippen molar-refractivity contribution in [3.8, 4) is 0 Å². The van der Waals surface area contributed by atoms with Crippen molar-refractivity contribution < 1.29 is 15.0 Å². The van der Waals surface area contributed by atoms with Crippen LogP contribution in [0.3, 0.4) is 0 Å². The lowest BCUT2D eigenvalue weighted by Gasteiger charge is -2.33. The van der Waals surface area contributed by atoms with Crippen LogP contribution in [0.25, 0.3) is 0 Å². The SMILES string of the molecule is CC(C)(C)CN(CCCO)C(=O)NC1CCC(O)CC1. The van der Waals surface area contributed by atoms with E-state index in [1.54, 1.807) is 4.90 Å². The van der Waals surface area contributed by atoms with Crippen LogP contribution in [-0.4, -0.2) is 53.0 Å². The lowest BCUT2D eigenvalue weighted by Crippen LogP contribution is -2.49. The number of carbonyl (C=O) groups is 1. The van der Waals surface area contributed by atoms with Crippen molar-refractivity contribution in [1.82, 2.24) is 10.2 Å². The lowest BCUT2D eigenvalue weighted by atomic mass is 9.93. The van der Waals surface area contributed by atoms with Gasteiger partial charge < -0.3 is 20.4 Å². The smallest absolute Gasteiger partial charge is 0.317 e. The molecule has 5 heteroatoms. The first-order valence-corrected chi connectivity index (χ1v) is 7.66. The summed E-state index contributed by atoms with van der Waals surface area (Å²) in [6, 6.07) is 0.122. The average molecular weight is 286 g/mol. The quantitative estimate of drug-likeness (QED) is 0.720. The molecule has 0 radical (unpaired) electrons. The van der Waals surface area contributed by atoms with Crippen molar-refractivity contribution >= 4 is 6.03 Å². The molecule has 1 aliphatic rings. The van der Waals surface area contributed by atoms with Crippen molar-refractivity contribution in [3.63, 3.8) is 0 Å². The van der Waals surface area contributed by atoms with Gasteiger partial charge in [0.1, 0.15) is 0 Å². The minimum Gasteiger partial charge on any atom is -0.396 e. The summed E-state index contributed by atoms with van der Waals surface area (Å²) < 4.78 is 0. The summed E-state index contributed by atoms with van der Waals surface area (Å²) >= 11 is 0. The number of rotatable bonds is 5. The topological polar surface area (TPSA) is 72.8 Å². The third-order valence-corrected chi connectivity index (χ3v) is 3.56. The second-order valence-corrected chi connectivity index (χ2v) is 7.01. The summed E-state index contributed by atoms with van der Waals surface area (Å²) in [4.78, 5) is 14.1. The predicted octanol–water partition coefficient (Wildman–Crippen LogP) is 1.73. The van der Waals surface area contributed by atoms with Gasteiger partial charge in [-0.05, 0) is 37.5 Å². The van der Waals surface area contributed by atoms with Gasteiger partial charge in [-0.3, -0.25) is 0 Å². The Morgan fingerprint density at radius 1 is 1.25 bits per heavy atom. The maximum absolute atomic E-state index is 12.3. The second-order valence-electron chi connectivity index (χ2n) is 7.01. The summed E-state index contributed by atoms with van der Waals surface area (Å²) in [7, 11) is 0. The summed E-state index contributed by atoms with van der Waals surface area (Å²) in [5, 5.41) is 21.5. The first-order valence-electron chi connectivity index (χ1n) is 7.66. The number of nitrogens with zero attached hydrogens (tertiary/aromatic N) is 1. The van der Waals surface area contributed by atoms with E-state index in [-0.39, 0.29) is 30.2 Å². The van der Waals surface area contributed by atoms with Gasteiger partial charge >= 0.3 is 6.03 Å². The van der Waals surface area contributed by atoms with E-state index in [9.17, 15) is 9.90 Å². The highest BCUT2D eigenvalue weighted by atomic mass is 16.3. The van der Waals surface area contributed by atoms with Gasteiger partial charge in [0.2, 0.25) is 0 Å². The number of nitrogens with one attached hydrogen (secondary N) is 1. The highest BCUT2D eigenvalue weighted by molar-refractivity contribution is 5.74. The molecule has 1 rings (SSSR count). The molecule has 1 fully saturated rings. The van der Waals surface area contributed by atoms with E-state index in [1.165, 1.54) is 0 Å². The van der Waals surface area contributed by atoms with Gasteiger partial charge in [-0.25, -0.2) is 4.79 Å². The van der Waals surface area contributed by atoms with Crippen molar-refractivity contribution in [1.29, 1.82) is 0 Å². The zero-order valence-electron chi connectivity index (χ0n) is 13.1. The third kappa shape index (κ3) is 6.57. The molecule has 0 aliphatic heterocycles. The average Bonchev–Trinajstić information content (AvgIpc) is 2.36. The molecule has 2 amide bonds. The molecule has 1 saturated carbocycles. The zero-order valence-corrected chi connectivity index (χ0v) is 13.1. The maximum atomic E-state index is 12.3. The van der Waals surface area contributed by atoms with E-state index in [0.717, 1.165) is 25.7 Å². The first-order chi connectivity index (χ1) is 9.31. The number of amides is 2. The van der Waals surface area contributed by atoms with Crippen molar-refractivity contribution in [2.45, 2.75) is 65.0 Å². The van der Waals surface area contributed by atoms with E-state index >= 15 is 0 Å². The van der Waals surface area contributed by atoms with Gasteiger partial charge in [-0.15, -0.1) is 0 Å². The van der Waals surface area contributed by atoms with Crippen LogP contribution in [-0.2, 0) is 0 Å². The molecule has 0 saturated heterocycles. The summed E-state index contributed by atoms with van der Waals surface area (Å²) in [5.74, 6) is 0. The fraction of sp³-hybridized carbons (Fsp3) is 0.933. The monoisotopic (exact) mass is 286 g/mol. The van der Waals surface area contributed by atoms with E-state index in [2.05, 4.69) is 26.1 Å². The van der Waals surface area contributed by atoms with E-state index in [1.807, 2.05) is 0 Å². The van der Waals surface area contributed by atoms with Crippen LogP contribution in [0.2, 0.25) is 0 Å². The summed E-state index contributed by atoms with van der Waals surface area (Å²) in [6.45, 7) is 7.66. The van der Waals surface area contributed by atoms with Gasteiger partial charge in [0.05, 0.1) is 6.10 Å². The van der Waals surface area contributed by atoms with Crippen LogP contribution >= 0.6 is 0 Å². The molecular formula is C15H30N2O3. The maximum Gasteiger partial charge on any atom is 0.317 e. The normalized spacial score (nSPS) is 23.4. The Morgan fingerprint density at radius 3 is 2.35 bits per heavy atom. The van der Waals surface area contributed by atoms with Crippen molar-refractivity contribution in [2.75, 3.05) is 19.7 Å². The number of aliphatic hydroxyl groups is 2. The Kier molecular flexibility index (Phi) is 6.76. The Labute approximate surface area is 122 Å². The van der Waals surface area contributed by atoms with Crippen molar-refractivity contribution in [2.24, 2.45) is 5.41 Å². The molecular weight excluding hydrogens is 256 g/mol. The van der Waals surface area contributed by atoms with Gasteiger partial charge in [0.25, 0.3) is 0 Å². The first kappa shape index (κ1) is 17.2. The van der Waals surface area contributed by atoms with Crippen molar-refractivity contribution in [3.05, 3.63) is 0 Å². The predicted molar refractivity (Wildman–Crippen MR) is 79.5 cm³/mol.